The fourth-order valence-electron chi connectivity index (χ4n) is 4.37. The Morgan fingerprint density at radius 3 is 2.55 bits per heavy atom. The second-order valence-corrected chi connectivity index (χ2v) is 11.5. The smallest absolute Gasteiger partial charge is 0.341 e. The molecule has 210 valence electrons. The number of ether oxygens (including phenoxy) is 2. The molecule has 11 heteroatoms. The molecule has 1 aliphatic rings. The Hall–Kier alpha value is -3.83. The molecule has 2 heterocycles. The van der Waals surface area contributed by atoms with Gasteiger partial charge in [0.2, 0.25) is 11.8 Å². The van der Waals surface area contributed by atoms with Crippen molar-refractivity contribution in [1.29, 1.82) is 0 Å². The summed E-state index contributed by atoms with van der Waals surface area (Å²) in [5.74, 6) is -0.471. The van der Waals surface area contributed by atoms with Gasteiger partial charge in [0.25, 0.3) is 5.91 Å². The number of methoxy groups -OCH3 is 2. The van der Waals surface area contributed by atoms with E-state index in [1.807, 2.05) is 25.1 Å². The van der Waals surface area contributed by atoms with Gasteiger partial charge >= 0.3 is 5.97 Å². The van der Waals surface area contributed by atoms with Crippen LogP contribution in [0.1, 0.15) is 51.4 Å². The van der Waals surface area contributed by atoms with Gasteiger partial charge in [0.15, 0.2) is 0 Å². The van der Waals surface area contributed by atoms with Crippen molar-refractivity contribution in [2.24, 2.45) is 0 Å². The predicted octanol–water partition coefficient (Wildman–Crippen LogP) is 5.21. The van der Waals surface area contributed by atoms with E-state index in [2.05, 4.69) is 10.6 Å². The summed E-state index contributed by atoms with van der Waals surface area (Å²) in [5.41, 5.74) is 2.25. The monoisotopic (exact) mass is 581 g/mol. The van der Waals surface area contributed by atoms with Crippen LogP contribution in [-0.4, -0.2) is 54.6 Å². The zero-order valence-corrected chi connectivity index (χ0v) is 24.4. The highest BCUT2D eigenvalue weighted by atomic mass is 32.2. The summed E-state index contributed by atoms with van der Waals surface area (Å²) < 4.78 is 10.2. The Bertz CT molecular complexity index is 1440. The topological polar surface area (TPSA) is 114 Å². The van der Waals surface area contributed by atoms with Crippen molar-refractivity contribution in [3.63, 3.8) is 0 Å². The van der Waals surface area contributed by atoms with E-state index in [1.165, 1.54) is 37.1 Å². The first-order chi connectivity index (χ1) is 19.2. The quantitative estimate of drug-likeness (QED) is 0.263. The number of rotatable bonds is 9. The minimum atomic E-state index is -0.510. The maximum Gasteiger partial charge on any atom is 0.341 e. The molecular weight excluding hydrogens is 550 g/mol. The second-order valence-electron chi connectivity index (χ2n) is 9.11. The molecule has 3 aromatic rings. The summed E-state index contributed by atoms with van der Waals surface area (Å²) in [6.07, 6.45) is 1.06. The van der Waals surface area contributed by atoms with Crippen LogP contribution in [0.5, 0.6) is 5.75 Å². The van der Waals surface area contributed by atoms with Gasteiger partial charge in [-0.25, -0.2) is 4.79 Å². The number of nitrogens with one attached hydrogen (secondary N) is 2. The molecule has 0 saturated carbocycles. The van der Waals surface area contributed by atoms with Crippen molar-refractivity contribution < 1.29 is 28.7 Å². The first-order valence-corrected chi connectivity index (χ1v) is 14.4. The van der Waals surface area contributed by atoms with E-state index in [-0.39, 0.29) is 17.7 Å². The van der Waals surface area contributed by atoms with Gasteiger partial charge in [0.05, 0.1) is 31.6 Å². The molecule has 3 amide bonds. The summed E-state index contributed by atoms with van der Waals surface area (Å²) >= 11 is 2.68. The van der Waals surface area contributed by atoms with Gasteiger partial charge in [-0.2, -0.15) is 0 Å². The highest BCUT2D eigenvalue weighted by molar-refractivity contribution is 8.00. The molecule has 4 rings (SSSR count). The minimum Gasteiger partial charge on any atom is -0.497 e. The third-order valence-corrected chi connectivity index (χ3v) is 8.98. The highest BCUT2D eigenvalue weighted by Gasteiger charge is 2.31. The number of hydrogen-bond acceptors (Lipinski definition) is 8. The average Bonchev–Trinajstić information content (AvgIpc) is 3.32. The number of fused-ring (bicyclic) bond motifs is 1. The van der Waals surface area contributed by atoms with Crippen LogP contribution in [-0.2, 0) is 27.3 Å². The standard InChI is InChI=1S/C29H31N3O6S2/c1-5-23(39-21-11-7-9-19(15-21)30-26(34)18-8-6-10-20(14-18)37-3)27(35)31-28-25(29(36)38-4)22-12-13-32(17(2)33)16-24(22)40-28/h6-11,14-15,23H,5,12-13,16H2,1-4H3,(H,30,34)(H,31,35). The Kier molecular flexibility index (Phi) is 9.49. The molecule has 2 N–H and O–H groups in total. The van der Waals surface area contributed by atoms with E-state index in [0.717, 1.165) is 15.3 Å². The number of nitrogens with zero attached hydrogens (tertiary/aromatic N) is 1. The minimum absolute atomic E-state index is 0.0337. The fraction of sp³-hybridized carbons (Fsp3) is 0.310. The molecule has 2 aromatic carbocycles. The van der Waals surface area contributed by atoms with Crippen LogP contribution in [0, 0.1) is 0 Å². The van der Waals surface area contributed by atoms with Crippen LogP contribution in [0.2, 0.25) is 0 Å². The molecule has 0 fully saturated rings. The van der Waals surface area contributed by atoms with Gasteiger partial charge in [-0.3, -0.25) is 14.4 Å². The van der Waals surface area contributed by atoms with E-state index in [4.69, 9.17) is 9.47 Å². The lowest BCUT2D eigenvalue weighted by Crippen LogP contribution is -2.34. The molecule has 0 bridgehead atoms. The maximum absolute atomic E-state index is 13.4. The highest BCUT2D eigenvalue weighted by Crippen LogP contribution is 2.38. The zero-order valence-electron chi connectivity index (χ0n) is 22.7. The lowest BCUT2D eigenvalue weighted by Gasteiger charge is -2.25. The SMILES string of the molecule is CCC(Sc1cccc(NC(=O)c2cccc(OC)c2)c1)C(=O)Nc1sc2c(c1C(=O)OC)CCN(C(C)=O)C2. The van der Waals surface area contributed by atoms with Gasteiger partial charge in [0, 0.05) is 34.5 Å². The van der Waals surface area contributed by atoms with E-state index in [9.17, 15) is 19.2 Å². The van der Waals surface area contributed by atoms with Crippen molar-refractivity contribution in [3.05, 3.63) is 70.1 Å². The van der Waals surface area contributed by atoms with Crippen LogP contribution in [0.25, 0.3) is 0 Å². The molecule has 40 heavy (non-hydrogen) atoms. The Morgan fingerprint density at radius 2 is 1.85 bits per heavy atom. The molecule has 0 saturated heterocycles. The van der Waals surface area contributed by atoms with Gasteiger partial charge in [-0.05, 0) is 54.8 Å². The predicted molar refractivity (Wildman–Crippen MR) is 156 cm³/mol. The van der Waals surface area contributed by atoms with Crippen LogP contribution < -0.4 is 15.4 Å². The number of anilines is 2. The summed E-state index contributed by atoms with van der Waals surface area (Å²) in [7, 11) is 2.86. The molecule has 0 aliphatic carbocycles. The van der Waals surface area contributed by atoms with Crippen molar-refractivity contribution in [3.8, 4) is 5.75 Å². The summed E-state index contributed by atoms with van der Waals surface area (Å²) in [4.78, 5) is 54.1. The third kappa shape index (κ3) is 6.65. The lowest BCUT2D eigenvalue weighted by atomic mass is 10.0. The van der Waals surface area contributed by atoms with Crippen molar-refractivity contribution in [1.82, 2.24) is 4.90 Å². The van der Waals surface area contributed by atoms with Gasteiger partial charge < -0.3 is 25.0 Å². The zero-order chi connectivity index (χ0) is 28.8. The first-order valence-electron chi connectivity index (χ1n) is 12.7. The molecule has 1 aromatic heterocycles. The van der Waals surface area contributed by atoms with Gasteiger partial charge in [-0.15, -0.1) is 23.1 Å². The van der Waals surface area contributed by atoms with Crippen molar-refractivity contribution in [2.45, 2.75) is 43.4 Å². The van der Waals surface area contributed by atoms with Crippen molar-refractivity contribution >= 4 is 57.5 Å². The number of thiophene rings is 1. The Balaban J connectivity index is 1.48. The molecule has 0 radical (unpaired) electrons. The van der Waals surface area contributed by atoms with E-state index < -0.39 is 11.2 Å². The maximum atomic E-state index is 13.4. The third-order valence-electron chi connectivity index (χ3n) is 6.49. The van der Waals surface area contributed by atoms with E-state index in [0.29, 0.717) is 53.5 Å². The number of benzene rings is 2. The normalized spacial score (nSPS) is 13.2. The number of carbonyl (C=O) groups excluding carboxylic acids is 4. The summed E-state index contributed by atoms with van der Waals surface area (Å²) in [6.45, 7) is 4.34. The molecule has 9 nitrogen and oxygen atoms in total. The first kappa shape index (κ1) is 29.2. The molecule has 1 aliphatic heterocycles. The van der Waals surface area contributed by atoms with Crippen LogP contribution >= 0.6 is 23.1 Å². The number of carbonyl (C=O) groups is 4. The van der Waals surface area contributed by atoms with Gasteiger partial charge in [0.1, 0.15) is 10.8 Å². The van der Waals surface area contributed by atoms with Crippen LogP contribution in [0.15, 0.2) is 53.4 Å². The molecule has 1 atom stereocenters. The summed E-state index contributed by atoms with van der Waals surface area (Å²) in [6, 6.07) is 14.2. The van der Waals surface area contributed by atoms with Crippen LogP contribution in [0.4, 0.5) is 10.7 Å². The van der Waals surface area contributed by atoms with Crippen LogP contribution in [0.3, 0.4) is 0 Å². The molecule has 0 spiro atoms. The number of thioether (sulfide) groups is 1. The Labute approximate surface area is 241 Å². The van der Waals surface area contributed by atoms with Crippen molar-refractivity contribution in [2.75, 3.05) is 31.4 Å². The number of esters is 1. The van der Waals surface area contributed by atoms with Gasteiger partial charge in [-0.1, -0.05) is 19.1 Å². The number of hydrogen-bond donors (Lipinski definition) is 2. The average molecular weight is 582 g/mol. The van der Waals surface area contributed by atoms with E-state index >= 15 is 0 Å². The molecule has 1 unspecified atom stereocenters. The lowest BCUT2D eigenvalue weighted by molar-refractivity contribution is -0.129. The number of amides is 3. The second kappa shape index (κ2) is 13.0. The molecular formula is C29H31N3O6S2. The van der Waals surface area contributed by atoms with E-state index in [1.54, 1.807) is 42.3 Å². The largest absolute Gasteiger partial charge is 0.497 e. The fourth-order valence-corrected chi connectivity index (χ4v) is 6.64. The summed E-state index contributed by atoms with van der Waals surface area (Å²) in [5, 5.41) is 5.82. The Morgan fingerprint density at radius 1 is 1.07 bits per heavy atom.